The van der Waals surface area contributed by atoms with Crippen LogP contribution in [0.1, 0.15) is 34.8 Å². The maximum atomic E-state index is 12.8. The fraction of sp³-hybridized carbons (Fsp3) is 0.222. The lowest BCUT2D eigenvalue weighted by molar-refractivity contribution is 0.0918. The molecular weight excluding hydrogens is 246 g/mol. The molecule has 20 heavy (non-hydrogen) atoms. The van der Waals surface area contributed by atoms with E-state index in [0.717, 1.165) is 11.1 Å². The van der Waals surface area contributed by atoms with Crippen LogP contribution in [-0.4, -0.2) is 5.78 Å². The Hall–Kier alpha value is -2.40. The van der Waals surface area contributed by atoms with Gasteiger partial charge in [0.25, 0.3) is 0 Å². The summed E-state index contributed by atoms with van der Waals surface area (Å²) in [5.74, 6) is -0.131. The number of benzene rings is 2. The molecule has 0 aromatic heterocycles. The van der Waals surface area contributed by atoms with Crippen LogP contribution in [0.4, 0.5) is 0 Å². The van der Waals surface area contributed by atoms with E-state index in [0.29, 0.717) is 12.0 Å². The van der Waals surface area contributed by atoms with Gasteiger partial charge in [-0.15, -0.1) is 0 Å². The highest BCUT2D eigenvalue weighted by Crippen LogP contribution is 2.31. The Morgan fingerprint density at radius 2 is 1.70 bits per heavy atom. The summed E-state index contributed by atoms with van der Waals surface area (Å²) < 4.78 is 0. The second-order valence-corrected chi connectivity index (χ2v) is 4.93. The fourth-order valence-electron chi connectivity index (χ4n) is 2.36. The Morgan fingerprint density at radius 3 is 2.20 bits per heavy atom. The number of aryl methyl sites for hydroxylation is 1. The number of carbonyl (C=O) groups is 1. The van der Waals surface area contributed by atoms with Gasteiger partial charge in [-0.3, -0.25) is 4.79 Å². The molecule has 0 radical (unpaired) electrons. The van der Waals surface area contributed by atoms with Crippen LogP contribution in [0.3, 0.4) is 0 Å². The van der Waals surface area contributed by atoms with Gasteiger partial charge in [-0.1, -0.05) is 67.1 Å². The van der Waals surface area contributed by atoms with Crippen molar-refractivity contribution >= 4 is 5.78 Å². The lowest BCUT2D eigenvalue weighted by atomic mass is 9.73. The topological polar surface area (TPSA) is 40.9 Å². The molecule has 0 fully saturated rings. The van der Waals surface area contributed by atoms with Gasteiger partial charge in [0.2, 0.25) is 0 Å². The third-order valence-corrected chi connectivity index (χ3v) is 3.69. The molecule has 0 N–H and O–H groups in total. The molecule has 0 amide bonds. The van der Waals surface area contributed by atoms with Crippen molar-refractivity contribution in [2.45, 2.75) is 25.7 Å². The number of nitrogens with zero attached hydrogens (tertiary/aromatic N) is 1. The van der Waals surface area contributed by atoms with Crippen molar-refractivity contribution < 1.29 is 4.79 Å². The SMILES string of the molecule is CCC(C#N)(C(=O)c1ccc(C)cc1)c1ccccc1. The average Bonchev–Trinajstić information content (AvgIpc) is 2.51. The number of Topliss-reactive ketones (excluding diaryl/α,β-unsaturated/α-hetero) is 1. The maximum absolute atomic E-state index is 12.8. The normalized spacial score (nSPS) is 13.2. The predicted octanol–water partition coefficient (Wildman–Crippen LogP) is 4.05. The van der Waals surface area contributed by atoms with Crippen molar-refractivity contribution in [1.29, 1.82) is 5.26 Å². The fourth-order valence-corrected chi connectivity index (χ4v) is 2.36. The first kappa shape index (κ1) is 14.0. The van der Waals surface area contributed by atoms with Crippen molar-refractivity contribution in [3.8, 4) is 6.07 Å². The van der Waals surface area contributed by atoms with E-state index in [1.54, 1.807) is 12.1 Å². The number of hydrogen-bond acceptors (Lipinski definition) is 2. The van der Waals surface area contributed by atoms with Crippen LogP contribution in [0.25, 0.3) is 0 Å². The van der Waals surface area contributed by atoms with E-state index in [1.165, 1.54) is 0 Å². The van der Waals surface area contributed by atoms with Gasteiger partial charge in [-0.2, -0.15) is 5.26 Å². The van der Waals surface area contributed by atoms with E-state index in [-0.39, 0.29) is 5.78 Å². The molecule has 2 rings (SSSR count). The van der Waals surface area contributed by atoms with E-state index >= 15 is 0 Å². The second kappa shape index (κ2) is 5.71. The first-order chi connectivity index (χ1) is 9.64. The molecule has 0 spiro atoms. The summed E-state index contributed by atoms with van der Waals surface area (Å²) >= 11 is 0. The van der Waals surface area contributed by atoms with E-state index in [2.05, 4.69) is 6.07 Å². The van der Waals surface area contributed by atoms with Crippen molar-refractivity contribution in [2.75, 3.05) is 0 Å². The van der Waals surface area contributed by atoms with E-state index < -0.39 is 5.41 Å². The minimum Gasteiger partial charge on any atom is -0.292 e. The Morgan fingerprint density at radius 1 is 1.10 bits per heavy atom. The molecule has 2 nitrogen and oxygen atoms in total. The molecule has 1 unspecified atom stereocenters. The summed E-state index contributed by atoms with van der Waals surface area (Å²) in [6, 6.07) is 18.9. The zero-order chi connectivity index (χ0) is 14.6. The number of hydrogen-bond donors (Lipinski definition) is 0. The van der Waals surface area contributed by atoms with Crippen LogP contribution in [0.5, 0.6) is 0 Å². The van der Waals surface area contributed by atoms with Crippen LogP contribution in [0.15, 0.2) is 54.6 Å². The van der Waals surface area contributed by atoms with Crippen LogP contribution >= 0.6 is 0 Å². The van der Waals surface area contributed by atoms with Crippen molar-refractivity contribution in [3.05, 3.63) is 71.3 Å². The third kappa shape index (κ3) is 2.35. The zero-order valence-corrected chi connectivity index (χ0v) is 11.8. The number of rotatable bonds is 4. The molecule has 2 aromatic carbocycles. The standard InChI is InChI=1S/C18H17NO/c1-3-18(13-19,16-7-5-4-6-8-16)17(20)15-11-9-14(2)10-12-15/h4-12H,3H2,1-2H3. The van der Waals surface area contributed by atoms with Gasteiger partial charge in [0.05, 0.1) is 6.07 Å². The minimum atomic E-state index is -1.10. The molecule has 0 aliphatic carbocycles. The summed E-state index contributed by atoms with van der Waals surface area (Å²) in [4.78, 5) is 12.8. The van der Waals surface area contributed by atoms with Crippen molar-refractivity contribution in [2.24, 2.45) is 0 Å². The molecule has 0 heterocycles. The molecular formula is C18H17NO. The average molecular weight is 263 g/mol. The monoisotopic (exact) mass is 263 g/mol. The van der Waals surface area contributed by atoms with Gasteiger partial charge < -0.3 is 0 Å². The molecule has 2 heteroatoms. The number of ketones is 1. The quantitative estimate of drug-likeness (QED) is 0.781. The smallest absolute Gasteiger partial charge is 0.187 e. The lowest BCUT2D eigenvalue weighted by Crippen LogP contribution is -2.33. The summed E-state index contributed by atoms with van der Waals surface area (Å²) in [5.41, 5.74) is 1.34. The summed E-state index contributed by atoms with van der Waals surface area (Å²) in [6.07, 6.45) is 0.459. The van der Waals surface area contributed by atoms with E-state index in [9.17, 15) is 10.1 Å². The molecule has 100 valence electrons. The summed E-state index contributed by atoms with van der Waals surface area (Å²) in [5, 5.41) is 9.65. The maximum Gasteiger partial charge on any atom is 0.187 e. The first-order valence-corrected chi connectivity index (χ1v) is 6.72. The highest BCUT2D eigenvalue weighted by atomic mass is 16.1. The van der Waals surface area contributed by atoms with Gasteiger partial charge in [0.15, 0.2) is 5.78 Å². The second-order valence-electron chi connectivity index (χ2n) is 4.93. The highest BCUT2D eigenvalue weighted by Gasteiger charge is 2.39. The number of carbonyl (C=O) groups excluding carboxylic acids is 1. The zero-order valence-electron chi connectivity index (χ0n) is 11.8. The van der Waals surface area contributed by atoms with Crippen LogP contribution in [-0.2, 0) is 5.41 Å². The van der Waals surface area contributed by atoms with Gasteiger partial charge >= 0.3 is 0 Å². The predicted molar refractivity (Wildman–Crippen MR) is 79.5 cm³/mol. The number of nitriles is 1. The molecule has 0 saturated heterocycles. The Balaban J connectivity index is 2.52. The molecule has 1 atom stereocenters. The summed E-state index contributed by atoms with van der Waals surface area (Å²) in [7, 11) is 0. The van der Waals surface area contributed by atoms with Crippen molar-refractivity contribution in [1.82, 2.24) is 0 Å². The van der Waals surface area contributed by atoms with Gasteiger partial charge in [-0.05, 0) is 18.9 Å². The van der Waals surface area contributed by atoms with Crippen LogP contribution in [0, 0.1) is 18.3 Å². The highest BCUT2D eigenvalue weighted by molar-refractivity contribution is 6.06. The Bertz CT molecular complexity index is 637. The first-order valence-electron chi connectivity index (χ1n) is 6.72. The minimum absolute atomic E-state index is 0.131. The summed E-state index contributed by atoms with van der Waals surface area (Å²) in [6.45, 7) is 3.85. The Kier molecular flexibility index (Phi) is 4.00. The van der Waals surface area contributed by atoms with Crippen molar-refractivity contribution in [3.63, 3.8) is 0 Å². The van der Waals surface area contributed by atoms with E-state index in [1.807, 2.05) is 56.3 Å². The van der Waals surface area contributed by atoms with Gasteiger partial charge in [-0.25, -0.2) is 0 Å². The lowest BCUT2D eigenvalue weighted by Gasteiger charge is -2.24. The van der Waals surface area contributed by atoms with E-state index in [4.69, 9.17) is 0 Å². The van der Waals surface area contributed by atoms with Gasteiger partial charge in [0.1, 0.15) is 5.41 Å². The molecule has 2 aromatic rings. The molecule has 0 saturated carbocycles. The van der Waals surface area contributed by atoms with Gasteiger partial charge in [0, 0.05) is 5.56 Å². The third-order valence-electron chi connectivity index (χ3n) is 3.69. The molecule has 0 aliphatic heterocycles. The Labute approximate surface area is 119 Å². The molecule has 0 aliphatic rings. The largest absolute Gasteiger partial charge is 0.292 e. The molecule has 0 bridgehead atoms. The van der Waals surface area contributed by atoms with Crippen LogP contribution in [0.2, 0.25) is 0 Å². The van der Waals surface area contributed by atoms with Crippen LogP contribution < -0.4 is 0 Å².